The van der Waals surface area contributed by atoms with E-state index in [4.69, 9.17) is 9.47 Å². The quantitative estimate of drug-likeness (QED) is 0.403. The Bertz CT molecular complexity index is 1310. The molecular weight excluding hydrogens is 432 g/mol. The molecule has 1 saturated heterocycles. The van der Waals surface area contributed by atoms with E-state index in [2.05, 4.69) is 42.2 Å². The third-order valence-corrected chi connectivity index (χ3v) is 7.31. The highest BCUT2D eigenvalue weighted by atomic mass is 32.1. The van der Waals surface area contributed by atoms with Crippen LogP contribution >= 0.6 is 11.3 Å². The molecule has 5 nitrogen and oxygen atoms in total. The maximum absolute atomic E-state index is 12.9. The van der Waals surface area contributed by atoms with Gasteiger partial charge in [-0.1, -0.05) is 42.5 Å². The highest BCUT2D eigenvalue weighted by Crippen LogP contribution is 2.35. The third kappa shape index (κ3) is 4.74. The monoisotopic (exact) mass is 460 g/mol. The smallest absolute Gasteiger partial charge is 0.259 e. The van der Waals surface area contributed by atoms with Gasteiger partial charge in [0.1, 0.15) is 12.4 Å². The molecule has 1 atom stereocenters. The Morgan fingerprint density at radius 1 is 1.12 bits per heavy atom. The maximum atomic E-state index is 12.9. The number of benzene rings is 2. The SMILES string of the molecule is C[C@H]1COCCN1Cc1cc2c(=O)n(C)cc(-c3cccc(OCc4ccccc4)c3)c2s1. The lowest BCUT2D eigenvalue weighted by Gasteiger charge is -2.32. The molecule has 0 aliphatic carbocycles. The fourth-order valence-electron chi connectivity index (χ4n) is 4.28. The van der Waals surface area contributed by atoms with E-state index in [0.29, 0.717) is 12.6 Å². The first-order valence-electron chi connectivity index (χ1n) is 11.3. The van der Waals surface area contributed by atoms with Gasteiger partial charge in [0, 0.05) is 47.5 Å². The topological polar surface area (TPSA) is 43.7 Å². The van der Waals surface area contributed by atoms with Crippen LogP contribution in [-0.4, -0.2) is 35.3 Å². The van der Waals surface area contributed by atoms with Gasteiger partial charge in [0.2, 0.25) is 0 Å². The predicted molar refractivity (Wildman–Crippen MR) is 134 cm³/mol. The van der Waals surface area contributed by atoms with E-state index in [1.807, 2.05) is 43.6 Å². The van der Waals surface area contributed by atoms with Crippen molar-refractivity contribution in [1.82, 2.24) is 9.47 Å². The zero-order chi connectivity index (χ0) is 22.8. The van der Waals surface area contributed by atoms with E-state index in [-0.39, 0.29) is 5.56 Å². The second kappa shape index (κ2) is 9.51. The van der Waals surface area contributed by atoms with Crippen LogP contribution in [0.4, 0.5) is 0 Å². The van der Waals surface area contributed by atoms with Crippen LogP contribution in [0.25, 0.3) is 21.2 Å². The maximum Gasteiger partial charge on any atom is 0.259 e. The minimum absolute atomic E-state index is 0.0442. The second-order valence-corrected chi connectivity index (χ2v) is 9.75. The number of aryl methyl sites for hydroxylation is 1. The Morgan fingerprint density at radius 2 is 1.97 bits per heavy atom. The van der Waals surface area contributed by atoms with Crippen molar-refractivity contribution in [3.63, 3.8) is 0 Å². The van der Waals surface area contributed by atoms with Crippen molar-refractivity contribution in [3.8, 4) is 16.9 Å². The summed E-state index contributed by atoms with van der Waals surface area (Å²) in [5.41, 5.74) is 3.29. The van der Waals surface area contributed by atoms with E-state index in [1.54, 1.807) is 15.9 Å². The molecule has 2 aromatic carbocycles. The van der Waals surface area contributed by atoms with Gasteiger partial charge >= 0.3 is 0 Å². The van der Waals surface area contributed by atoms with Gasteiger partial charge in [-0.15, -0.1) is 11.3 Å². The first-order valence-corrected chi connectivity index (χ1v) is 12.1. The molecule has 0 spiro atoms. The molecule has 5 rings (SSSR count). The molecule has 2 aromatic heterocycles. The van der Waals surface area contributed by atoms with Gasteiger partial charge in [0.25, 0.3) is 5.56 Å². The largest absolute Gasteiger partial charge is 0.489 e. The van der Waals surface area contributed by atoms with Gasteiger partial charge in [0.15, 0.2) is 0 Å². The van der Waals surface area contributed by atoms with E-state index < -0.39 is 0 Å². The number of pyridine rings is 1. The summed E-state index contributed by atoms with van der Waals surface area (Å²) in [6, 6.07) is 20.7. The van der Waals surface area contributed by atoms with Gasteiger partial charge in [-0.3, -0.25) is 9.69 Å². The minimum atomic E-state index is 0.0442. The summed E-state index contributed by atoms with van der Waals surface area (Å²) in [5.74, 6) is 0.817. The zero-order valence-electron chi connectivity index (χ0n) is 19.0. The van der Waals surface area contributed by atoms with Crippen LogP contribution in [0.15, 0.2) is 71.7 Å². The van der Waals surface area contributed by atoms with Crippen LogP contribution in [0.5, 0.6) is 5.75 Å². The van der Waals surface area contributed by atoms with Gasteiger partial charge < -0.3 is 14.0 Å². The molecule has 170 valence electrons. The lowest BCUT2D eigenvalue weighted by Crippen LogP contribution is -2.42. The number of rotatable bonds is 6. The van der Waals surface area contributed by atoms with E-state index in [1.165, 1.54) is 4.88 Å². The Hall–Kier alpha value is -2.93. The van der Waals surface area contributed by atoms with Crippen molar-refractivity contribution in [2.75, 3.05) is 19.8 Å². The Labute approximate surface area is 197 Å². The summed E-state index contributed by atoms with van der Waals surface area (Å²) >= 11 is 1.72. The predicted octanol–water partition coefficient (Wildman–Crippen LogP) is 5.07. The van der Waals surface area contributed by atoms with Crippen molar-refractivity contribution in [2.24, 2.45) is 7.05 Å². The molecular formula is C27H28N2O3S. The Morgan fingerprint density at radius 3 is 2.79 bits per heavy atom. The number of thiophene rings is 1. The van der Waals surface area contributed by atoms with Crippen molar-refractivity contribution >= 4 is 21.4 Å². The van der Waals surface area contributed by atoms with Crippen LogP contribution in [0.3, 0.4) is 0 Å². The molecule has 0 N–H and O–H groups in total. The molecule has 0 saturated carbocycles. The fraction of sp³-hybridized carbons (Fsp3) is 0.296. The number of fused-ring (bicyclic) bond motifs is 1. The molecule has 1 fully saturated rings. The normalized spacial score (nSPS) is 16.8. The molecule has 3 heterocycles. The van der Waals surface area contributed by atoms with Gasteiger partial charge in [0.05, 0.1) is 18.6 Å². The standard InChI is InChI=1S/C27H28N2O3S/c1-19-17-31-12-11-29(19)15-23-14-24-26(33-23)25(16-28(2)27(24)30)21-9-6-10-22(13-21)32-18-20-7-4-3-5-8-20/h3-10,13-14,16,19H,11-12,15,17-18H2,1-2H3/t19-/m0/s1. The van der Waals surface area contributed by atoms with Gasteiger partial charge in [-0.05, 0) is 36.2 Å². The summed E-state index contributed by atoms with van der Waals surface area (Å²) in [7, 11) is 1.82. The Balaban J connectivity index is 1.47. The highest BCUT2D eigenvalue weighted by molar-refractivity contribution is 7.19. The lowest BCUT2D eigenvalue weighted by atomic mass is 10.1. The van der Waals surface area contributed by atoms with Gasteiger partial charge in [-0.2, -0.15) is 0 Å². The van der Waals surface area contributed by atoms with E-state index in [0.717, 1.165) is 58.8 Å². The molecule has 0 radical (unpaired) electrons. The summed E-state index contributed by atoms with van der Waals surface area (Å²) in [4.78, 5) is 16.6. The summed E-state index contributed by atoms with van der Waals surface area (Å²) in [6.07, 6.45) is 1.94. The minimum Gasteiger partial charge on any atom is -0.489 e. The van der Waals surface area contributed by atoms with Crippen molar-refractivity contribution in [2.45, 2.75) is 26.1 Å². The summed E-state index contributed by atoms with van der Waals surface area (Å²) in [6.45, 7) is 5.99. The summed E-state index contributed by atoms with van der Waals surface area (Å²) < 4.78 is 14.4. The molecule has 1 aliphatic rings. The first-order chi connectivity index (χ1) is 16.1. The second-order valence-electron chi connectivity index (χ2n) is 8.61. The molecule has 6 heteroatoms. The van der Waals surface area contributed by atoms with E-state index in [9.17, 15) is 4.79 Å². The Kier molecular flexibility index (Phi) is 6.31. The number of hydrogen-bond donors (Lipinski definition) is 0. The molecule has 1 aliphatic heterocycles. The van der Waals surface area contributed by atoms with Gasteiger partial charge in [-0.25, -0.2) is 0 Å². The van der Waals surface area contributed by atoms with Crippen LogP contribution in [-0.2, 0) is 24.9 Å². The van der Waals surface area contributed by atoms with E-state index >= 15 is 0 Å². The zero-order valence-corrected chi connectivity index (χ0v) is 19.8. The van der Waals surface area contributed by atoms with Crippen LogP contribution in [0.2, 0.25) is 0 Å². The highest BCUT2D eigenvalue weighted by Gasteiger charge is 2.21. The fourth-order valence-corrected chi connectivity index (χ4v) is 5.48. The summed E-state index contributed by atoms with van der Waals surface area (Å²) in [5, 5.41) is 0.784. The van der Waals surface area contributed by atoms with Crippen molar-refractivity contribution in [1.29, 1.82) is 0 Å². The van der Waals surface area contributed by atoms with Crippen LogP contribution in [0, 0.1) is 0 Å². The average molecular weight is 461 g/mol. The first kappa shape index (κ1) is 21.9. The van der Waals surface area contributed by atoms with Crippen molar-refractivity contribution in [3.05, 3.63) is 87.7 Å². The molecule has 0 unspecified atom stereocenters. The third-order valence-electron chi connectivity index (χ3n) is 6.16. The van der Waals surface area contributed by atoms with Crippen molar-refractivity contribution < 1.29 is 9.47 Å². The lowest BCUT2D eigenvalue weighted by molar-refractivity contribution is -0.00390. The number of hydrogen-bond acceptors (Lipinski definition) is 5. The average Bonchev–Trinajstić information content (AvgIpc) is 3.26. The number of nitrogens with zero attached hydrogens (tertiary/aromatic N) is 2. The number of morpholine rings is 1. The molecule has 0 bridgehead atoms. The molecule has 0 amide bonds. The molecule has 33 heavy (non-hydrogen) atoms. The van der Waals surface area contributed by atoms with Crippen LogP contribution < -0.4 is 10.3 Å². The van der Waals surface area contributed by atoms with Crippen LogP contribution in [0.1, 0.15) is 17.4 Å². The number of ether oxygens (including phenoxy) is 2. The number of aromatic nitrogens is 1. The molecule has 4 aromatic rings.